The van der Waals surface area contributed by atoms with Crippen LogP contribution in [-0.2, 0) is 4.79 Å². The van der Waals surface area contributed by atoms with E-state index in [4.69, 9.17) is 5.73 Å². The molecule has 2 atom stereocenters. The van der Waals surface area contributed by atoms with Crippen molar-refractivity contribution in [3.8, 4) is 0 Å². The summed E-state index contributed by atoms with van der Waals surface area (Å²) in [5.74, 6) is -0.681. The molecule has 114 valence electrons. The molecule has 0 radical (unpaired) electrons. The van der Waals surface area contributed by atoms with Gasteiger partial charge in [0.05, 0.1) is 10.8 Å². The summed E-state index contributed by atoms with van der Waals surface area (Å²) in [6.45, 7) is 3.95. The number of para-hydroxylation sites is 1. The summed E-state index contributed by atoms with van der Waals surface area (Å²) in [5, 5.41) is 0. The highest BCUT2D eigenvalue weighted by molar-refractivity contribution is 7.14. The number of primary amides is 1. The zero-order valence-electron chi connectivity index (χ0n) is 12.6. The van der Waals surface area contributed by atoms with Crippen LogP contribution in [0.3, 0.4) is 0 Å². The lowest BCUT2D eigenvalue weighted by molar-refractivity contribution is -0.119. The molecule has 2 N–H and O–H groups in total. The fourth-order valence-corrected chi connectivity index (χ4v) is 3.86. The monoisotopic (exact) mass is 314 g/mol. The van der Waals surface area contributed by atoms with Crippen LogP contribution in [0.4, 0.5) is 5.69 Å². The minimum absolute atomic E-state index is 0.0130. The van der Waals surface area contributed by atoms with Gasteiger partial charge in [-0.15, -0.1) is 11.3 Å². The Morgan fingerprint density at radius 3 is 2.59 bits per heavy atom. The van der Waals surface area contributed by atoms with Gasteiger partial charge in [-0.05, 0) is 44.0 Å². The normalized spacial score (nSPS) is 20.5. The lowest BCUT2D eigenvalue weighted by Crippen LogP contribution is -2.45. The molecule has 0 unspecified atom stereocenters. The lowest BCUT2D eigenvalue weighted by Gasteiger charge is -2.38. The number of fused-ring (bicyclic) bond motifs is 1. The number of hydrogen-bond donors (Lipinski definition) is 1. The summed E-state index contributed by atoms with van der Waals surface area (Å²) in [5.41, 5.74) is 7.17. The third-order valence-electron chi connectivity index (χ3n) is 4.10. The molecule has 0 spiro atoms. The van der Waals surface area contributed by atoms with Crippen LogP contribution in [-0.4, -0.2) is 17.9 Å². The summed E-state index contributed by atoms with van der Waals surface area (Å²) in [6, 6.07) is 11.3. The molecule has 0 saturated heterocycles. The molecule has 2 aromatic rings. The van der Waals surface area contributed by atoms with Gasteiger partial charge in [-0.1, -0.05) is 18.2 Å². The first-order valence-corrected chi connectivity index (χ1v) is 8.09. The Kier molecular flexibility index (Phi) is 3.74. The molecule has 0 saturated carbocycles. The maximum atomic E-state index is 12.9. The van der Waals surface area contributed by atoms with Crippen molar-refractivity contribution in [2.75, 3.05) is 4.90 Å². The first-order valence-electron chi connectivity index (χ1n) is 7.27. The molecule has 4 nitrogen and oxygen atoms in total. The molecule has 3 rings (SSSR count). The number of nitrogens with two attached hydrogens (primary N) is 1. The maximum absolute atomic E-state index is 12.9. The van der Waals surface area contributed by atoms with Gasteiger partial charge in [0.1, 0.15) is 0 Å². The summed E-state index contributed by atoms with van der Waals surface area (Å²) >= 11 is 1.49. The molecular formula is C17H18N2O2S. The van der Waals surface area contributed by atoms with Gasteiger partial charge in [0.25, 0.3) is 5.91 Å². The molecule has 22 heavy (non-hydrogen) atoms. The van der Waals surface area contributed by atoms with Crippen LogP contribution in [0, 0.1) is 6.92 Å². The zero-order chi connectivity index (χ0) is 15.9. The van der Waals surface area contributed by atoms with Crippen molar-refractivity contribution >= 4 is 28.8 Å². The fourth-order valence-electron chi connectivity index (χ4n) is 3.06. The Labute approximate surface area is 133 Å². The number of amides is 2. The van der Waals surface area contributed by atoms with Crippen molar-refractivity contribution in [3.05, 3.63) is 51.7 Å². The molecular weight excluding hydrogens is 296 g/mol. The van der Waals surface area contributed by atoms with Crippen LogP contribution in [0.1, 0.15) is 39.4 Å². The highest BCUT2D eigenvalue weighted by atomic mass is 32.1. The SMILES string of the molecule is Cc1ccc(C(=O)N2c3ccccc3[C@@H](C(N)=O)C[C@@H]2C)s1. The topological polar surface area (TPSA) is 63.4 Å². The van der Waals surface area contributed by atoms with E-state index in [-0.39, 0.29) is 23.8 Å². The van der Waals surface area contributed by atoms with E-state index in [1.54, 1.807) is 4.90 Å². The van der Waals surface area contributed by atoms with Gasteiger partial charge in [-0.25, -0.2) is 0 Å². The van der Waals surface area contributed by atoms with Crippen molar-refractivity contribution < 1.29 is 9.59 Å². The number of carbonyl (C=O) groups is 2. The standard InChI is InChI=1S/C17H18N2O2S/c1-10-9-13(16(18)20)12-5-3-4-6-14(12)19(10)17(21)15-8-7-11(2)22-15/h3-8,10,13H,9H2,1-2H3,(H2,18,20)/t10-,13-/m0/s1. The fraction of sp³-hybridized carbons (Fsp3) is 0.294. The molecule has 0 bridgehead atoms. The van der Waals surface area contributed by atoms with Gasteiger partial charge in [-0.3, -0.25) is 9.59 Å². The smallest absolute Gasteiger partial charge is 0.268 e. The van der Waals surface area contributed by atoms with Gasteiger partial charge < -0.3 is 10.6 Å². The predicted molar refractivity (Wildman–Crippen MR) is 88.3 cm³/mol. The molecule has 1 aromatic heterocycles. The average molecular weight is 314 g/mol. The number of carbonyl (C=O) groups excluding carboxylic acids is 2. The maximum Gasteiger partial charge on any atom is 0.268 e. The first-order chi connectivity index (χ1) is 10.5. The second-order valence-electron chi connectivity index (χ2n) is 5.68. The number of nitrogens with zero attached hydrogens (tertiary/aromatic N) is 1. The number of thiophene rings is 1. The van der Waals surface area contributed by atoms with E-state index < -0.39 is 0 Å². The number of benzene rings is 1. The summed E-state index contributed by atoms with van der Waals surface area (Å²) in [7, 11) is 0. The van der Waals surface area contributed by atoms with Gasteiger partial charge >= 0.3 is 0 Å². The van der Waals surface area contributed by atoms with Crippen LogP contribution < -0.4 is 10.6 Å². The molecule has 0 aliphatic carbocycles. The Morgan fingerprint density at radius 1 is 1.23 bits per heavy atom. The predicted octanol–water partition coefficient (Wildman–Crippen LogP) is 3.06. The number of hydrogen-bond acceptors (Lipinski definition) is 3. The minimum Gasteiger partial charge on any atom is -0.369 e. The van der Waals surface area contributed by atoms with Crippen LogP contribution >= 0.6 is 11.3 Å². The van der Waals surface area contributed by atoms with Gasteiger partial charge in [0, 0.05) is 16.6 Å². The molecule has 2 heterocycles. The van der Waals surface area contributed by atoms with E-state index in [0.29, 0.717) is 6.42 Å². The van der Waals surface area contributed by atoms with E-state index in [0.717, 1.165) is 21.0 Å². The Balaban J connectivity index is 2.06. The number of aryl methyl sites for hydroxylation is 1. The summed E-state index contributed by atoms with van der Waals surface area (Å²) in [6.07, 6.45) is 0.558. The molecule has 1 aliphatic heterocycles. The van der Waals surface area contributed by atoms with E-state index in [9.17, 15) is 9.59 Å². The van der Waals surface area contributed by atoms with Gasteiger partial charge in [-0.2, -0.15) is 0 Å². The third-order valence-corrected chi connectivity index (χ3v) is 5.09. The zero-order valence-corrected chi connectivity index (χ0v) is 13.4. The van der Waals surface area contributed by atoms with Crippen molar-refractivity contribution in [1.82, 2.24) is 0 Å². The van der Waals surface area contributed by atoms with Gasteiger partial charge in [0.2, 0.25) is 5.91 Å². The lowest BCUT2D eigenvalue weighted by atomic mass is 9.85. The number of anilines is 1. The molecule has 1 aromatic carbocycles. The van der Waals surface area contributed by atoms with E-state index >= 15 is 0 Å². The van der Waals surface area contributed by atoms with E-state index in [2.05, 4.69) is 0 Å². The van der Waals surface area contributed by atoms with E-state index in [1.165, 1.54) is 11.3 Å². The van der Waals surface area contributed by atoms with Crippen LogP contribution in [0.15, 0.2) is 36.4 Å². The van der Waals surface area contributed by atoms with Crippen molar-refractivity contribution in [2.45, 2.75) is 32.2 Å². The van der Waals surface area contributed by atoms with Crippen LogP contribution in [0.2, 0.25) is 0 Å². The highest BCUT2D eigenvalue weighted by Crippen LogP contribution is 2.39. The average Bonchev–Trinajstić information content (AvgIpc) is 2.92. The highest BCUT2D eigenvalue weighted by Gasteiger charge is 2.36. The van der Waals surface area contributed by atoms with E-state index in [1.807, 2.05) is 50.2 Å². The van der Waals surface area contributed by atoms with Crippen molar-refractivity contribution in [2.24, 2.45) is 5.73 Å². The largest absolute Gasteiger partial charge is 0.369 e. The third kappa shape index (κ3) is 2.41. The Bertz CT molecular complexity index is 738. The second-order valence-corrected chi connectivity index (χ2v) is 6.97. The molecule has 5 heteroatoms. The van der Waals surface area contributed by atoms with Gasteiger partial charge in [0.15, 0.2) is 0 Å². The van der Waals surface area contributed by atoms with Crippen LogP contribution in [0.5, 0.6) is 0 Å². The molecule has 1 aliphatic rings. The first kappa shape index (κ1) is 14.8. The molecule has 2 amide bonds. The second kappa shape index (κ2) is 5.57. The Hall–Kier alpha value is -2.14. The number of rotatable bonds is 2. The molecule has 0 fully saturated rings. The van der Waals surface area contributed by atoms with Crippen molar-refractivity contribution in [3.63, 3.8) is 0 Å². The minimum atomic E-state index is -0.335. The quantitative estimate of drug-likeness (QED) is 0.926. The van der Waals surface area contributed by atoms with Crippen LogP contribution in [0.25, 0.3) is 0 Å². The van der Waals surface area contributed by atoms with Crippen molar-refractivity contribution in [1.29, 1.82) is 0 Å². The summed E-state index contributed by atoms with van der Waals surface area (Å²) in [4.78, 5) is 28.2. The Morgan fingerprint density at radius 2 is 1.95 bits per heavy atom. The summed E-state index contributed by atoms with van der Waals surface area (Å²) < 4.78 is 0.